The molecule has 1 unspecified atom stereocenters. The number of hydrogen-bond acceptors (Lipinski definition) is 3. The molecule has 1 aromatic carbocycles. The van der Waals surface area contributed by atoms with E-state index in [1.54, 1.807) is 12.1 Å². The van der Waals surface area contributed by atoms with Gasteiger partial charge in [0.1, 0.15) is 5.75 Å². The van der Waals surface area contributed by atoms with Crippen molar-refractivity contribution >= 4 is 29.9 Å². The van der Waals surface area contributed by atoms with Gasteiger partial charge in [-0.2, -0.15) is 0 Å². The van der Waals surface area contributed by atoms with Crippen LogP contribution in [0.2, 0.25) is 0 Å². The third kappa shape index (κ3) is 8.93. The number of benzene rings is 1. The van der Waals surface area contributed by atoms with Crippen molar-refractivity contribution in [3.05, 3.63) is 29.8 Å². The van der Waals surface area contributed by atoms with E-state index in [0.717, 1.165) is 30.9 Å². The number of alkyl halides is 3. The van der Waals surface area contributed by atoms with Gasteiger partial charge < -0.3 is 20.5 Å². The van der Waals surface area contributed by atoms with E-state index in [1.165, 1.54) is 12.1 Å². The Hall–Kier alpha value is -1.23. The lowest BCUT2D eigenvalue weighted by molar-refractivity contribution is -0.274. The molecule has 0 aromatic heterocycles. The van der Waals surface area contributed by atoms with Gasteiger partial charge in [0.25, 0.3) is 0 Å². The highest BCUT2D eigenvalue weighted by atomic mass is 127. The Balaban J connectivity index is 0.00000338. The molecule has 0 bridgehead atoms. The lowest BCUT2D eigenvalue weighted by atomic mass is 10.0. The zero-order valence-corrected chi connectivity index (χ0v) is 16.9. The van der Waals surface area contributed by atoms with Crippen molar-refractivity contribution in [2.45, 2.75) is 38.6 Å². The quantitative estimate of drug-likeness (QED) is 0.300. The molecule has 3 N–H and O–H groups in total. The third-order valence-electron chi connectivity index (χ3n) is 3.71. The van der Waals surface area contributed by atoms with Crippen LogP contribution in [0.5, 0.6) is 5.75 Å². The van der Waals surface area contributed by atoms with E-state index >= 15 is 0 Å². The van der Waals surface area contributed by atoms with Crippen molar-refractivity contribution in [3.63, 3.8) is 0 Å². The first-order valence-electron chi connectivity index (χ1n) is 8.40. The number of halogens is 4. The molecule has 2 rings (SSSR count). The van der Waals surface area contributed by atoms with Crippen LogP contribution in [0.15, 0.2) is 29.3 Å². The summed E-state index contributed by atoms with van der Waals surface area (Å²) >= 11 is 0. The monoisotopic (exact) mass is 487 g/mol. The van der Waals surface area contributed by atoms with Crippen molar-refractivity contribution < 1.29 is 23.0 Å². The number of aliphatic imine (C=N–C) groups is 1. The van der Waals surface area contributed by atoms with Gasteiger partial charge in [-0.05, 0) is 43.9 Å². The van der Waals surface area contributed by atoms with E-state index in [-0.39, 0.29) is 42.3 Å². The van der Waals surface area contributed by atoms with Crippen molar-refractivity contribution in [3.8, 4) is 5.75 Å². The molecule has 1 atom stereocenters. The van der Waals surface area contributed by atoms with Gasteiger partial charge in [-0.3, -0.25) is 4.99 Å². The molecule has 0 amide bonds. The van der Waals surface area contributed by atoms with E-state index in [9.17, 15) is 18.3 Å². The Bertz CT molecular complexity index is 563. The van der Waals surface area contributed by atoms with Crippen LogP contribution in [0, 0.1) is 5.92 Å². The summed E-state index contributed by atoms with van der Waals surface area (Å²) in [6, 6.07) is 6.17. The first kappa shape index (κ1) is 22.8. The lowest BCUT2D eigenvalue weighted by Gasteiger charge is -2.15. The number of ether oxygens (including phenoxy) is 1. The molecule has 9 heteroatoms. The molecule has 1 aliphatic carbocycles. The highest BCUT2D eigenvalue weighted by Crippen LogP contribution is 2.23. The molecular weight excluding hydrogens is 462 g/mol. The molecule has 0 spiro atoms. The van der Waals surface area contributed by atoms with Crippen molar-refractivity contribution in [1.82, 2.24) is 10.6 Å². The molecule has 5 nitrogen and oxygen atoms in total. The average Bonchev–Trinajstić information content (AvgIpc) is 3.35. The highest BCUT2D eigenvalue weighted by molar-refractivity contribution is 14.0. The topological polar surface area (TPSA) is 65.9 Å². The highest BCUT2D eigenvalue weighted by Gasteiger charge is 2.31. The summed E-state index contributed by atoms with van der Waals surface area (Å²) in [4.78, 5) is 4.49. The van der Waals surface area contributed by atoms with Gasteiger partial charge in [0.15, 0.2) is 5.96 Å². The predicted molar refractivity (Wildman–Crippen MR) is 105 cm³/mol. The Kier molecular flexibility index (Phi) is 9.48. The molecule has 1 aliphatic rings. The molecule has 1 saturated carbocycles. The minimum Gasteiger partial charge on any atom is -0.406 e. The molecule has 0 aliphatic heterocycles. The van der Waals surface area contributed by atoms with Gasteiger partial charge in [-0.15, -0.1) is 37.1 Å². The van der Waals surface area contributed by atoms with Crippen LogP contribution < -0.4 is 15.4 Å². The summed E-state index contributed by atoms with van der Waals surface area (Å²) in [5.74, 6) is 0.374. The van der Waals surface area contributed by atoms with Gasteiger partial charge >= 0.3 is 6.36 Å². The van der Waals surface area contributed by atoms with E-state index < -0.39 is 6.36 Å². The number of rotatable bonds is 8. The summed E-state index contributed by atoms with van der Waals surface area (Å²) < 4.78 is 40.3. The van der Waals surface area contributed by atoms with Crippen LogP contribution in [-0.2, 0) is 6.42 Å². The number of guanidine groups is 1. The molecule has 1 fully saturated rings. The van der Waals surface area contributed by atoms with Crippen LogP contribution in [-0.4, -0.2) is 43.2 Å². The van der Waals surface area contributed by atoms with Crippen LogP contribution in [0.25, 0.3) is 0 Å². The summed E-state index contributed by atoms with van der Waals surface area (Å²) in [6.45, 7) is 3.12. The fourth-order valence-corrected chi connectivity index (χ4v) is 2.31. The minimum absolute atomic E-state index is 0. The molecular formula is C17H25F3IN3O2. The second-order valence-electron chi connectivity index (χ2n) is 6.08. The molecule has 26 heavy (non-hydrogen) atoms. The first-order chi connectivity index (χ1) is 11.9. The van der Waals surface area contributed by atoms with Crippen molar-refractivity contribution in [2.24, 2.45) is 10.9 Å². The minimum atomic E-state index is -4.69. The second-order valence-corrected chi connectivity index (χ2v) is 6.08. The Labute approximate surface area is 168 Å². The van der Waals surface area contributed by atoms with E-state index in [0.29, 0.717) is 19.0 Å². The maximum Gasteiger partial charge on any atom is 0.573 e. The zero-order valence-electron chi connectivity index (χ0n) is 14.6. The zero-order chi connectivity index (χ0) is 18.3. The lowest BCUT2D eigenvalue weighted by Crippen LogP contribution is -2.39. The Morgan fingerprint density at radius 1 is 1.31 bits per heavy atom. The van der Waals surface area contributed by atoms with Crippen molar-refractivity contribution in [2.75, 3.05) is 19.7 Å². The van der Waals surface area contributed by atoms with E-state index in [4.69, 9.17) is 0 Å². The summed E-state index contributed by atoms with van der Waals surface area (Å²) in [5.41, 5.74) is 0.823. The van der Waals surface area contributed by atoms with Crippen LogP contribution in [0.4, 0.5) is 13.2 Å². The summed E-state index contributed by atoms with van der Waals surface area (Å²) in [6.07, 6.45) is -1.89. The Morgan fingerprint density at radius 3 is 2.46 bits per heavy atom. The number of nitrogens with zero attached hydrogens (tertiary/aromatic N) is 1. The van der Waals surface area contributed by atoms with Gasteiger partial charge in [0.2, 0.25) is 0 Å². The molecule has 148 valence electrons. The summed E-state index contributed by atoms with van der Waals surface area (Å²) in [7, 11) is 0. The van der Waals surface area contributed by atoms with E-state index in [2.05, 4.69) is 20.4 Å². The predicted octanol–water partition coefficient (Wildman–Crippen LogP) is 3.07. The summed E-state index contributed by atoms with van der Waals surface area (Å²) in [5, 5.41) is 16.0. The maximum atomic E-state index is 12.2. The second kappa shape index (κ2) is 10.8. The number of hydrogen-bond donors (Lipinski definition) is 3. The number of aliphatic hydroxyl groups is 1. The van der Waals surface area contributed by atoms with Crippen LogP contribution in [0.3, 0.4) is 0 Å². The van der Waals surface area contributed by atoms with Crippen LogP contribution >= 0.6 is 24.0 Å². The first-order valence-corrected chi connectivity index (χ1v) is 8.40. The molecule has 0 heterocycles. The standard InChI is InChI=1S/C17H24F3N3O2.HI/c1-2-21-16(23-14-5-6-14)22-10-13(11-24)9-12-3-7-15(8-4-12)25-17(18,19)20;/h3-4,7-8,13-14,24H,2,5-6,9-11H2,1H3,(H2,21,22,23);1H. The molecule has 0 radical (unpaired) electrons. The van der Waals surface area contributed by atoms with Crippen LogP contribution in [0.1, 0.15) is 25.3 Å². The van der Waals surface area contributed by atoms with E-state index in [1.807, 2.05) is 6.92 Å². The number of nitrogens with one attached hydrogen (secondary N) is 2. The van der Waals surface area contributed by atoms with Gasteiger partial charge in [0, 0.05) is 31.7 Å². The van der Waals surface area contributed by atoms with Gasteiger partial charge in [0.05, 0.1) is 0 Å². The SMILES string of the molecule is CCNC(=NCC(CO)Cc1ccc(OC(F)(F)F)cc1)NC1CC1.I. The maximum absolute atomic E-state index is 12.2. The third-order valence-corrected chi connectivity index (χ3v) is 3.71. The smallest absolute Gasteiger partial charge is 0.406 e. The molecule has 1 aromatic rings. The Morgan fingerprint density at radius 2 is 1.96 bits per heavy atom. The largest absolute Gasteiger partial charge is 0.573 e. The number of aliphatic hydroxyl groups excluding tert-OH is 1. The van der Waals surface area contributed by atoms with Crippen molar-refractivity contribution in [1.29, 1.82) is 0 Å². The van der Waals surface area contributed by atoms with Gasteiger partial charge in [-0.25, -0.2) is 0 Å². The normalized spacial score (nSPS) is 15.8. The fourth-order valence-electron chi connectivity index (χ4n) is 2.31. The fraction of sp³-hybridized carbons (Fsp3) is 0.588. The van der Waals surface area contributed by atoms with Gasteiger partial charge in [-0.1, -0.05) is 12.1 Å². The average molecular weight is 487 g/mol. The molecule has 0 saturated heterocycles.